The van der Waals surface area contributed by atoms with Gasteiger partial charge in [0.05, 0.1) is 5.02 Å². The lowest BCUT2D eigenvalue weighted by molar-refractivity contribution is 0.290. The minimum atomic E-state index is -3.61. The first kappa shape index (κ1) is 16.5. The average Bonchev–Trinajstić information content (AvgIpc) is 2.70. The molecule has 0 saturated carbocycles. The van der Waals surface area contributed by atoms with E-state index in [0.29, 0.717) is 12.2 Å². The second kappa shape index (κ2) is 7.45. The number of hydrogen-bond acceptors (Lipinski definition) is 4. The first-order valence-corrected chi connectivity index (χ1v) is 9.12. The number of nitrogens with zero attached hydrogens (tertiary/aromatic N) is 1. The summed E-state index contributed by atoms with van der Waals surface area (Å²) in [6.45, 7) is 3.19. The summed E-state index contributed by atoms with van der Waals surface area (Å²) >= 11 is 5.94. The van der Waals surface area contributed by atoms with E-state index in [4.69, 9.17) is 17.3 Å². The van der Waals surface area contributed by atoms with Crippen molar-refractivity contribution >= 4 is 27.3 Å². The standard InChI is InChI=1S/C14H22ClN3O2S/c15-13-6-5-12(16)11-14(13)21(19,20)17-7-10-18-8-3-1-2-4-9-18/h5-6,11,17H,1-4,7-10,16H2. The average molecular weight is 332 g/mol. The second-order valence-corrected chi connectivity index (χ2v) is 7.49. The largest absolute Gasteiger partial charge is 0.399 e. The number of likely N-dealkylation sites (tertiary alicyclic amines) is 1. The molecule has 118 valence electrons. The minimum Gasteiger partial charge on any atom is -0.399 e. The summed E-state index contributed by atoms with van der Waals surface area (Å²) in [4.78, 5) is 2.34. The smallest absolute Gasteiger partial charge is 0.242 e. The molecular formula is C14H22ClN3O2S. The topological polar surface area (TPSA) is 75.4 Å². The number of nitrogens with one attached hydrogen (secondary N) is 1. The van der Waals surface area contributed by atoms with Gasteiger partial charge in [-0.1, -0.05) is 24.4 Å². The molecule has 0 unspecified atom stereocenters. The molecule has 0 amide bonds. The number of benzene rings is 1. The lowest BCUT2D eigenvalue weighted by Crippen LogP contribution is -2.35. The van der Waals surface area contributed by atoms with E-state index in [1.165, 1.54) is 37.8 Å². The van der Waals surface area contributed by atoms with E-state index in [2.05, 4.69) is 9.62 Å². The van der Waals surface area contributed by atoms with Crippen LogP contribution in [0.1, 0.15) is 25.7 Å². The third kappa shape index (κ3) is 4.85. The van der Waals surface area contributed by atoms with Crippen LogP contribution < -0.4 is 10.5 Å². The van der Waals surface area contributed by atoms with Crippen LogP contribution in [0.3, 0.4) is 0 Å². The maximum absolute atomic E-state index is 12.2. The number of halogens is 1. The van der Waals surface area contributed by atoms with Crippen LogP contribution in [-0.4, -0.2) is 39.5 Å². The van der Waals surface area contributed by atoms with E-state index in [9.17, 15) is 8.42 Å². The van der Waals surface area contributed by atoms with E-state index in [1.807, 2.05) is 0 Å². The molecule has 1 heterocycles. The highest BCUT2D eigenvalue weighted by Gasteiger charge is 2.18. The van der Waals surface area contributed by atoms with E-state index >= 15 is 0 Å². The zero-order valence-corrected chi connectivity index (χ0v) is 13.6. The maximum Gasteiger partial charge on any atom is 0.242 e. The first-order chi connectivity index (χ1) is 9.99. The Morgan fingerprint density at radius 2 is 1.86 bits per heavy atom. The third-order valence-corrected chi connectivity index (χ3v) is 5.61. The summed E-state index contributed by atoms with van der Waals surface area (Å²) in [6, 6.07) is 4.47. The molecule has 0 aromatic heterocycles. The summed E-state index contributed by atoms with van der Waals surface area (Å²) in [5, 5.41) is 0.187. The van der Waals surface area contributed by atoms with Gasteiger partial charge in [-0.25, -0.2) is 13.1 Å². The van der Waals surface area contributed by atoms with Crippen molar-refractivity contribution in [1.29, 1.82) is 0 Å². The molecule has 0 radical (unpaired) electrons. The molecule has 7 heteroatoms. The van der Waals surface area contributed by atoms with Gasteiger partial charge in [0, 0.05) is 18.8 Å². The van der Waals surface area contributed by atoms with Crippen molar-refractivity contribution in [1.82, 2.24) is 9.62 Å². The van der Waals surface area contributed by atoms with Gasteiger partial charge in [0.25, 0.3) is 0 Å². The first-order valence-electron chi connectivity index (χ1n) is 7.26. The molecule has 1 saturated heterocycles. The number of hydrogen-bond donors (Lipinski definition) is 2. The van der Waals surface area contributed by atoms with Crippen LogP contribution in [0.5, 0.6) is 0 Å². The number of sulfonamides is 1. The molecule has 21 heavy (non-hydrogen) atoms. The Hall–Kier alpha value is -0.820. The number of anilines is 1. The SMILES string of the molecule is Nc1ccc(Cl)c(S(=O)(=O)NCCN2CCCCCC2)c1. The van der Waals surface area contributed by atoms with Crippen LogP contribution in [0.25, 0.3) is 0 Å². The van der Waals surface area contributed by atoms with Gasteiger partial charge in [0.2, 0.25) is 10.0 Å². The molecule has 1 fully saturated rings. The quantitative estimate of drug-likeness (QED) is 0.810. The van der Waals surface area contributed by atoms with Crippen molar-refractivity contribution < 1.29 is 8.42 Å². The van der Waals surface area contributed by atoms with Gasteiger partial charge < -0.3 is 10.6 Å². The van der Waals surface area contributed by atoms with Crippen LogP contribution in [0.4, 0.5) is 5.69 Å². The van der Waals surface area contributed by atoms with Gasteiger partial charge in [-0.15, -0.1) is 0 Å². The zero-order chi connectivity index (χ0) is 15.3. The van der Waals surface area contributed by atoms with Crippen molar-refractivity contribution in [2.75, 3.05) is 31.9 Å². The van der Waals surface area contributed by atoms with Gasteiger partial charge in [0.1, 0.15) is 4.90 Å². The molecule has 0 bridgehead atoms. The van der Waals surface area contributed by atoms with Gasteiger partial charge in [-0.3, -0.25) is 0 Å². The van der Waals surface area contributed by atoms with Gasteiger partial charge in [-0.2, -0.15) is 0 Å². The van der Waals surface area contributed by atoms with Gasteiger partial charge in [-0.05, 0) is 44.1 Å². The van der Waals surface area contributed by atoms with Gasteiger partial charge >= 0.3 is 0 Å². The highest BCUT2D eigenvalue weighted by molar-refractivity contribution is 7.89. The molecule has 0 aliphatic carbocycles. The van der Waals surface area contributed by atoms with Crippen molar-refractivity contribution in [3.05, 3.63) is 23.2 Å². The Kier molecular flexibility index (Phi) is 5.87. The summed E-state index contributed by atoms with van der Waals surface area (Å²) in [7, 11) is -3.61. The Morgan fingerprint density at radius 3 is 2.52 bits per heavy atom. The predicted molar refractivity (Wildman–Crippen MR) is 86.0 cm³/mol. The Balaban J connectivity index is 1.93. The highest BCUT2D eigenvalue weighted by atomic mass is 35.5. The lowest BCUT2D eigenvalue weighted by atomic mass is 10.2. The number of nitrogens with two attached hydrogens (primary N) is 1. The third-order valence-electron chi connectivity index (χ3n) is 3.66. The highest BCUT2D eigenvalue weighted by Crippen LogP contribution is 2.23. The van der Waals surface area contributed by atoms with E-state index < -0.39 is 10.0 Å². The van der Waals surface area contributed by atoms with Crippen molar-refractivity contribution in [3.8, 4) is 0 Å². The van der Waals surface area contributed by atoms with Crippen molar-refractivity contribution in [2.45, 2.75) is 30.6 Å². The van der Waals surface area contributed by atoms with Crippen LogP contribution in [-0.2, 0) is 10.0 Å². The van der Waals surface area contributed by atoms with Crippen LogP contribution in [0, 0.1) is 0 Å². The zero-order valence-electron chi connectivity index (χ0n) is 12.0. The molecule has 3 N–H and O–H groups in total. The molecule has 0 spiro atoms. The fourth-order valence-electron chi connectivity index (χ4n) is 2.50. The number of rotatable bonds is 5. The molecule has 1 aromatic rings. The van der Waals surface area contributed by atoms with E-state index in [-0.39, 0.29) is 9.92 Å². The fraction of sp³-hybridized carbons (Fsp3) is 0.571. The summed E-state index contributed by atoms with van der Waals surface area (Å²) < 4.78 is 27.1. The molecule has 5 nitrogen and oxygen atoms in total. The molecule has 2 rings (SSSR count). The monoisotopic (exact) mass is 331 g/mol. The van der Waals surface area contributed by atoms with Crippen LogP contribution >= 0.6 is 11.6 Å². The fourth-order valence-corrected chi connectivity index (χ4v) is 4.06. The summed E-state index contributed by atoms with van der Waals surface area (Å²) in [5.74, 6) is 0. The van der Waals surface area contributed by atoms with Crippen LogP contribution in [0.15, 0.2) is 23.1 Å². The predicted octanol–water partition coefficient (Wildman–Crippen LogP) is 2.08. The lowest BCUT2D eigenvalue weighted by Gasteiger charge is -2.19. The Morgan fingerprint density at radius 1 is 1.19 bits per heavy atom. The Labute approximate surface area is 131 Å². The van der Waals surface area contributed by atoms with Crippen molar-refractivity contribution in [3.63, 3.8) is 0 Å². The van der Waals surface area contributed by atoms with Crippen LogP contribution in [0.2, 0.25) is 5.02 Å². The normalized spacial score (nSPS) is 17.6. The second-order valence-electron chi connectivity index (χ2n) is 5.34. The van der Waals surface area contributed by atoms with Crippen molar-refractivity contribution in [2.24, 2.45) is 0 Å². The summed E-state index contributed by atoms with van der Waals surface area (Å²) in [5.41, 5.74) is 6.01. The van der Waals surface area contributed by atoms with E-state index in [1.54, 1.807) is 6.07 Å². The number of nitrogen functional groups attached to an aromatic ring is 1. The molecule has 1 aromatic carbocycles. The molecule has 1 aliphatic heterocycles. The molecular weight excluding hydrogens is 310 g/mol. The minimum absolute atomic E-state index is 0.0417. The van der Waals surface area contributed by atoms with Gasteiger partial charge in [0.15, 0.2) is 0 Å². The Bertz CT molecular complexity index is 570. The summed E-state index contributed by atoms with van der Waals surface area (Å²) in [6.07, 6.45) is 4.91. The molecule has 1 aliphatic rings. The van der Waals surface area contributed by atoms with E-state index in [0.717, 1.165) is 19.6 Å². The molecule has 0 atom stereocenters. The maximum atomic E-state index is 12.2.